The van der Waals surface area contributed by atoms with E-state index in [9.17, 15) is 9.59 Å². The van der Waals surface area contributed by atoms with Gasteiger partial charge in [-0.15, -0.1) is 0 Å². The number of fused-ring (bicyclic) bond motifs is 1. The molecule has 8 heteroatoms. The molecule has 0 aliphatic rings. The van der Waals surface area contributed by atoms with Crippen molar-refractivity contribution in [2.75, 3.05) is 5.32 Å². The molecule has 0 bridgehead atoms. The van der Waals surface area contributed by atoms with Crippen LogP contribution in [0.15, 0.2) is 0 Å². The van der Waals surface area contributed by atoms with Crippen molar-refractivity contribution in [1.82, 2.24) is 14.8 Å². The number of hydrogen-bond donors (Lipinski definition) is 2. The van der Waals surface area contributed by atoms with E-state index in [-0.39, 0.29) is 17.5 Å². The summed E-state index contributed by atoms with van der Waals surface area (Å²) >= 11 is 1.12. The Morgan fingerprint density at radius 2 is 2.16 bits per heavy atom. The van der Waals surface area contributed by atoms with E-state index in [1.807, 2.05) is 13.8 Å². The van der Waals surface area contributed by atoms with E-state index in [0.29, 0.717) is 21.9 Å². The zero-order valence-electron chi connectivity index (χ0n) is 10.8. The molecule has 7 nitrogen and oxygen atoms in total. The van der Waals surface area contributed by atoms with Crippen LogP contribution in [0, 0.1) is 5.92 Å². The van der Waals surface area contributed by atoms with Crippen molar-refractivity contribution in [3.05, 3.63) is 5.69 Å². The molecule has 2 heterocycles. The van der Waals surface area contributed by atoms with Gasteiger partial charge in [-0.3, -0.25) is 4.79 Å². The van der Waals surface area contributed by atoms with E-state index in [0.717, 1.165) is 11.3 Å². The van der Waals surface area contributed by atoms with Gasteiger partial charge >= 0.3 is 5.97 Å². The minimum Gasteiger partial charge on any atom is -0.476 e. The van der Waals surface area contributed by atoms with Crippen molar-refractivity contribution in [1.29, 1.82) is 0 Å². The largest absolute Gasteiger partial charge is 0.476 e. The highest BCUT2D eigenvalue weighted by Gasteiger charge is 2.20. The van der Waals surface area contributed by atoms with Crippen LogP contribution in [0.1, 0.15) is 30.8 Å². The van der Waals surface area contributed by atoms with Gasteiger partial charge in [-0.1, -0.05) is 25.2 Å². The van der Waals surface area contributed by atoms with Gasteiger partial charge < -0.3 is 10.4 Å². The number of carbonyl (C=O) groups excluding carboxylic acids is 1. The topological polar surface area (TPSA) is 97.1 Å². The summed E-state index contributed by atoms with van der Waals surface area (Å²) in [6.07, 6.45) is 0.403. The quantitative estimate of drug-likeness (QED) is 0.889. The monoisotopic (exact) mass is 282 g/mol. The minimum absolute atomic E-state index is 0.0423. The smallest absolute Gasteiger partial charge is 0.357 e. The number of amides is 1. The molecule has 0 spiro atoms. The molecule has 0 fully saturated rings. The van der Waals surface area contributed by atoms with Crippen LogP contribution in [0.5, 0.6) is 0 Å². The van der Waals surface area contributed by atoms with Gasteiger partial charge in [0.15, 0.2) is 16.5 Å². The molecule has 2 aromatic rings. The minimum atomic E-state index is -1.10. The highest BCUT2D eigenvalue weighted by Crippen LogP contribution is 2.28. The highest BCUT2D eigenvalue weighted by molar-refractivity contribution is 7.22. The number of anilines is 1. The Morgan fingerprint density at radius 1 is 1.47 bits per heavy atom. The Hall–Kier alpha value is -1.96. The predicted molar refractivity (Wildman–Crippen MR) is 71.4 cm³/mol. The number of aromatic carboxylic acids is 1. The second-order valence-corrected chi connectivity index (χ2v) is 5.59. The standard InChI is InChI=1S/C11H14N4O3S/c1-5(2)4-6(16)12-11-13-9-8(19-11)7(10(17)18)14-15(9)3/h5H,4H2,1-3H3,(H,17,18)(H,12,13,16). The van der Waals surface area contributed by atoms with Crippen molar-refractivity contribution in [2.24, 2.45) is 13.0 Å². The summed E-state index contributed by atoms with van der Waals surface area (Å²) in [5, 5.41) is 16.0. The summed E-state index contributed by atoms with van der Waals surface area (Å²) in [7, 11) is 1.62. The number of thiazole rings is 1. The molecule has 0 aliphatic heterocycles. The molecule has 0 aliphatic carbocycles. The molecule has 2 N–H and O–H groups in total. The lowest BCUT2D eigenvalue weighted by atomic mass is 10.1. The van der Waals surface area contributed by atoms with Crippen LogP contribution in [0.25, 0.3) is 10.3 Å². The van der Waals surface area contributed by atoms with E-state index >= 15 is 0 Å². The first-order chi connectivity index (χ1) is 8.88. The molecule has 19 heavy (non-hydrogen) atoms. The zero-order valence-corrected chi connectivity index (χ0v) is 11.6. The third-order valence-electron chi connectivity index (χ3n) is 2.42. The van der Waals surface area contributed by atoms with Gasteiger partial charge in [-0.25, -0.2) is 9.48 Å². The normalized spacial score (nSPS) is 11.2. The summed E-state index contributed by atoms with van der Waals surface area (Å²) in [6.45, 7) is 3.90. The Labute approximate surface area is 113 Å². The first-order valence-corrected chi connectivity index (χ1v) is 6.56. The Bertz CT molecular complexity index is 644. The third kappa shape index (κ3) is 2.73. The van der Waals surface area contributed by atoms with Crippen molar-refractivity contribution >= 4 is 38.7 Å². The maximum Gasteiger partial charge on any atom is 0.357 e. The molecule has 2 aromatic heterocycles. The fourth-order valence-electron chi connectivity index (χ4n) is 1.66. The van der Waals surface area contributed by atoms with E-state index < -0.39 is 5.97 Å². The lowest BCUT2D eigenvalue weighted by molar-refractivity contribution is -0.116. The van der Waals surface area contributed by atoms with Gasteiger partial charge in [-0.05, 0) is 5.92 Å². The molecule has 0 radical (unpaired) electrons. The Kier molecular flexibility index (Phi) is 3.52. The van der Waals surface area contributed by atoms with Crippen LogP contribution in [0.3, 0.4) is 0 Å². The van der Waals surface area contributed by atoms with Crippen LogP contribution in [0.2, 0.25) is 0 Å². The number of rotatable bonds is 4. The van der Waals surface area contributed by atoms with E-state index in [4.69, 9.17) is 5.11 Å². The molecule has 0 saturated heterocycles. The van der Waals surface area contributed by atoms with E-state index in [1.54, 1.807) is 7.05 Å². The van der Waals surface area contributed by atoms with E-state index in [2.05, 4.69) is 15.4 Å². The van der Waals surface area contributed by atoms with E-state index in [1.165, 1.54) is 4.68 Å². The van der Waals surface area contributed by atoms with Crippen molar-refractivity contribution in [3.8, 4) is 0 Å². The van der Waals surface area contributed by atoms with Gasteiger partial charge in [0.2, 0.25) is 5.91 Å². The zero-order chi connectivity index (χ0) is 14.2. The fraction of sp³-hybridized carbons (Fsp3) is 0.455. The lowest BCUT2D eigenvalue weighted by Crippen LogP contribution is -2.13. The first kappa shape index (κ1) is 13.5. The summed E-state index contributed by atoms with van der Waals surface area (Å²) in [5.41, 5.74) is 0.418. The molecule has 0 saturated carbocycles. The Morgan fingerprint density at radius 3 is 2.74 bits per heavy atom. The summed E-state index contributed by atoms with van der Waals surface area (Å²) in [6, 6.07) is 0. The average Bonchev–Trinajstić information content (AvgIpc) is 2.78. The van der Waals surface area contributed by atoms with Crippen LogP contribution in [0.4, 0.5) is 5.13 Å². The van der Waals surface area contributed by atoms with Gasteiger partial charge in [-0.2, -0.15) is 10.1 Å². The SMILES string of the molecule is CC(C)CC(=O)Nc1nc2c(s1)c(C(=O)O)nn2C. The number of aryl methyl sites for hydroxylation is 1. The summed E-state index contributed by atoms with van der Waals surface area (Å²) in [5.74, 6) is -0.973. The van der Waals surface area contributed by atoms with Crippen LogP contribution in [-0.2, 0) is 11.8 Å². The van der Waals surface area contributed by atoms with Gasteiger partial charge in [0.25, 0.3) is 0 Å². The van der Waals surface area contributed by atoms with Gasteiger partial charge in [0.1, 0.15) is 4.70 Å². The second-order valence-electron chi connectivity index (χ2n) is 4.60. The first-order valence-electron chi connectivity index (χ1n) is 5.75. The average molecular weight is 282 g/mol. The number of carboxylic acids is 1. The van der Waals surface area contributed by atoms with Crippen LogP contribution >= 0.6 is 11.3 Å². The van der Waals surface area contributed by atoms with Crippen LogP contribution in [-0.4, -0.2) is 31.7 Å². The molecule has 1 amide bonds. The maximum atomic E-state index is 11.6. The number of nitrogens with one attached hydrogen (secondary N) is 1. The molecule has 0 atom stereocenters. The lowest BCUT2D eigenvalue weighted by Gasteiger charge is -2.03. The second kappa shape index (κ2) is 4.96. The molecular weight excluding hydrogens is 268 g/mol. The molecule has 102 valence electrons. The number of carboxylic acid groups (broad SMARTS) is 1. The summed E-state index contributed by atoms with van der Waals surface area (Å²) < 4.78 is 1.86. The predicted octanol–water partition coefficient (Wildman–Crippen LogP) is 1.71. The van der Waals surface area contributed by atoms with Gasteiger partial charge in [0.05, 0.1) is 0 Å². The fourth-order valence-corrected chi connectivity index (χ4v) is 2.65. The molecule has 2 rings (SSSR count). The molecule has 0 unspecified atom stereocenters. The summed E-state index contributed by atoms with van der Waals surface area (Å²) in [4.78, 5) is 26.8. The molecule has 0 aromatic carbocycles. The van der Waals surface area contributed by atoms with Crippen LogP contribution < -0.4 is 5.32 Å². The number of aromatic nitrogens is 3. The third-order valence-corrected chi connectivity index (χ3v) is 3.39. The van der Waals surface area contributed by atoms with Crippen molar-refractivity contribution in [2.45, 2.75) is 20.3 Å². The maximum absolute atomic E-state index is 11.6. The van der Waals surface area contributed by atoms with Crippen molar-refractivity contribution < 1.29 is 14.7 Å². The number of carbonyl (C=O) groups is 2. The number of hydrogen-bond acceptors (Lipinski definition) is 5. The van der Waals surface area contributed by atoms with Crippen molar-refractivity contribution in [3.63, 3.8) is 0 Å². The van der Waals surface area contributed by atoms with Gasteiger partial charge in [0, 0.05) is 13.5 Å². The highest BCUT2D eigenvalue weighted by atomic mass is 32.1. The Balaban J connectivity index is 2.29. The molecular formula is C11H14N4O3S. The number of nitrogens with zero attached hydrogens (tertiary/aromatic N) is 3.